The molecular formula is C9H15FI2N2OSi. The summed E-state index contributed by atoms with van der Waals surface area (Å²) in [5.74, 6) is -0.255. The highest BCUT2D eigenvalue weighted by atomic mass is 127. The first-order valence-corrected chi connectivity index (χ1v) is 10.8. The van der Waals surface area contributed by atoms with Crippen LogP contribution in [0.3, 0.4) is 0 Å². The quantitative estimate of drug-likeness (QED) is 0.376. The third kappa shape index (κ3) is 4.57. The zero-order valence-electron chi connectivity index (χ0n) is 9.56. The Morgan fingerprint density at radius 1 is 1.38 bits per heavy atom. The smallest absolute Gasteiger partial charge is 0.188 e. The molecule has 1 aromatic rings. The zero-order valence-corrected chi connectivity index (χ0v) is 14.9. The molecule has 0 aliphatic rings. The Balaban J connectivity index is 2.41. The van der Waals surface area contributed by atoms with Gasteiger partial charge in [-0.25, -0.2) is 9.07 Å². The average Bonchev–Trinajstić information content (AvgIpc) is 2.40. The van der Waals surface area contributed by atoms with Gasteiger partial charge in [0.05, 0.1) is 0 Å². The van der Waals surface area contributed by atoms with Crippen LogP contribution in [0.2, 0.25) is 25.7 Å². The minimum absolute atomic E-state index is 0.255. The van der Waals surface area contributed by atoms with Gasteiger partial charge in [-0.3, -0.25) is 0 Å². The standard InChI is InChI=1S/C9H15FI2N2OSi/c1-16(2,3)5-4-15-6-14-9(12)7(10)8(11)13-14/h4-6H2,1-3H3. The van der Waals surface area contributed by atoms with Gasteiger partial charge >= 0.3 is 0 Å². The zero-order chi connectivity index (χ0) is 12.3. The molecule has 0 amide bonds. The molecule has 0 N–H and O–H groups in total. The van der Waals surface area contributed by atoms with E-state index < -0.39 is 8.07 Å². The van der Waals surface area contributed by atoms with Crippen molar-refractivity contribution < 1.29 is 9.13 Å². The monoisotopic (exact) mass is 468 g/mol. The molecule has 0 fully saturated rings. The summed E-state index contributed by atoms with van der Waals surface area (Å²) in [6.07, 6.45) is 0. The van der Waals surface area contributed by atoms with Gasteiger partial charge in [0.15, 0.2) is 9.52 Å². The predicted octanol–water partition coefficient (Wildman–Crippen LogP) is 3.54. The Bertz CT molecular complexity index is 365. The van der Waals surface area contributed by atoms with Crippen LogP contribution in [0.1, 0.15) is 0 Å². The number of halogens is 3. The lowest BCUT2D eigenvalue weighted by Gasteiger charge is -2.15. The third-order valence-corrected chi connectivity index (χ3v) is 5.43. The van der Waals surface area contributed by atoms with Crippen LogP contribution in [0.5, 0.6) is 0 Å². The summed E-state index contributed by atoms with van der Waals surface area (Å²) in [6.45, 7) is 7.97. The van der Waals surface area contributed by atoms with Crippen LogP contribution in [-0.2, 0) is 11.5 Å². The van der Waals surface area contributed by atoms with E-state index in [2.05, 4.69) is 24.7 Å². The largest absolute Gasteiger partial charge is 0.359 e. The second-order valence-electron chi connectivity index (χ2n) is 4.74. The maximum Gasteiger partial charge on any atom is 0.188 e. The van der Waals surface area contributed by atoms with Gasteiger partial charge in [-0.15, -0.1) is 0 Å². The van der Waals surface area contributed by atoms with Gasteiger partial charge in [0.2, 0.25) is 0 Å². The number of nitrogens with zero attached hydrogens (tertiary/aromatic N) is 2. The van der Waals surface area contributed by atoms with E-state index in [9.17, 15) is 4.39 Å². The fourth-order valence-electron chi connectivity index (χ4n) is 1.01. The molecule has 0 atom stereocenters. The van der Waals surface area contributed by atoms with Crippen molar-refractivity contribution in [2.45, 2.75) is 32.4 Å². The molecule has 0 aliphatic heterocycles. The highest BCUT2D eigenvalue weighted by molar-refractivity contribution is 14.1. The van der Waals surface area contributed by atoms with Crippen molar-refractivity contribution in [2.24, 2.45) is 0 Å². The van der Waals surface area contributed by atoms with Gasteiger partial charge in [-0.1, -0.05) is 19.6 Å². The first-order chi connectivity index (χ1) is 7.31. The molecular weight excluding hydrogens is 453 g/mol. The van der Waals surface area contributed by atoms with Crippen molar-refractivity contribution in [1.29, 1.82) is 0 Å². The minimum atomic E-state index is -1.05. The van der Waals surface area contributed by atoms with E-state index in [-0.39, 0.29) is 5.82 Å². The van der Waals surface area contributed by atoms with Gasteiger partial charge in [0, 0.05) is 14.7 Å². The fourth-order valence-corrected chi connectivity index (χ4v) is 3.30. The number of rotatable bonds is 5. The summed E-state index contributed by atoms with van der Waals surface area (Å²) >= 11 is 3.83. The van der Waals surface area contributed by atoms with E-state index in [4.69, 9.17) is 4.74 Å². The lowest BCUT2D eigenvalue weighted by atomic mass is 10.7. The van der Waals surface area contributed by atoms with Crippen LogP contribution in [0, 0.1) is 13.2 Å². The molecule has 1 rings (SSSR count). The molecule has 0 aliphatic carbocycles. The molecule has 0 radical (unpaired) electrons. The van der Waals surface area contributed by atoms with Crippen LogP contribution in [0.15, 0.2) is 0 Å². The third-order valence-electron chi connectivity index (χ3n) is 2.01. The number of aromatic nitrogens is 2. The molecule has 1 heterocycles. The normalized spacial score (nSPS) is 12.1. The SMILES string of the molecule is C[Si](C)(C)CCOCn1nc(I)c(F)c1I. The van der Waals surface area contributed by atoms with Crippen molar-refractivity contribution in [3.05, 3.63) is 13.2 Å². The van der Waals surface area contributed by atoms with Crippen LogP contribution >= 0.6 is 45.2 Å². The summed E-state index contributed by atoms with van der Waals surface area (Å²) in [7, 11) is -1.05. The fraction of sp³-hybridized carbons (Fsp3) is 0.667. The maximum absolute atomic E-state index is 13.3. The van der Waals surface area contributed by atoms with Gasteiger partial charge in [-0.2, -0.15) is 5.10 Å². The Hall–Kier alpha value is 0.777. The molecule has 0 saturated heterocycles. The van der Waals surface area contributed by atoms with Gasteiger partial charge in [0.1, 0.15) is 10.4 Å². The molecule has 16 heavy (non-hydrogen) atoms. The predicted molar refractivity (Wildman–Crippen MR) is 81.7 cm³/mol. The van der Waals surface area contributed by atoms with Crippen LogP contribution in [-0.4, -0.2) is 24.5 Å². The van der Waals surface area contributed by atoms with Crippen molar-refractivity contribution in [3.63, 3.8) is 0 Å². The Labute approximate surface area is 123 Å². The first kappa shape index (κ1) is 14.8. The van der Waals surface area contributed by atoms with Crippen LogP contribution in [0.4, 0.5) is 4.39 Å². The summed E-state index contributed by atoms with van der Waals surface area (Å²) < 4.78 is 21.3. The molecule has 1 aromatic heterocycles. The highest BCUT2D eigenvalue weighted by Crippen LogP contribution is 2.16. The molecule has 0 saturated carbocycles. The molecule has 0 bridgehead atoms. The molecule has 0 spiro atoms. The van der Waals surface area contributed by atoms with E-state index in [0.29, 0.717) is 14.1 Å². The Kier molecular flexibility index (Phi) is 5.65. The molecule has 0 aromatic carbocycles. The van der Waals surface area contributed by atoms with E-state index in [1.165, 1.54) is 0 Å². The summed E-state index contributed by atoms with van der Waals surface area (Å²) in [4.78, 5) is 0. The van der Waals surface area contributed by atoms with E-state index in [1.54, 1.807) is 4.68 Å². The Morgan fingerprint density at radius 3 is 2.44 bits per heavy atom. The van der Waals surface area contributed by atoms with E-state index in [0.717, 1.165) is 12.7 Å². The van der Waals surface area contributed by atoms with Crippen LogP contribution in [0.25, 0.3) is 0 Å². The lowest BCUT2D eigenvalue weighted by molar-refractivity contribution is 0.0762. The van der Waals surface area contributed by atoms with Gasteiger partial charge in [0.25, 0.3) is 0 Å². The lowest BCUT2D eigenvalue weighted by Crippen LogP contribution is -2.22. The maximum atomic E-state index is 13.3. The van der Waals surface area contributed by atoms with Crippen molar-refractivity contribution in [3.8, 4) is 0 Å². The second kappa shape index (κ2) is 6.09. The van der Waals surface area contributed by atoms with Crippen LogP contribution < -0.4 is 0 Å². The van der Waals surface area contributed by atoms with Crippen molar-refractivity contribution >= 4 is 53.3 Å². The molecule has 7 heteroatoms. The first-order valence-electron chi connectivity index (χ1n) is 4.96. The topological polar surface area (TPSA) is 27.1 Å². The molecule has 92 valence electrons. The number of hydrogen-bond donors (Lipinski definition) is 0. The number of ether oxygens (including phenoxy) is 1. The average molecular weight is 468 g/mol. The van der Waals surface area contributed by atoms with Gasteiger partial charge in [-0.05, 0) is 51.2 Å². The van der Waals surface area contributed by atoms with Crippen molar-refractivity contribution in [1.82, 2.24) is 9.78 Å². The molecule has 3 nitrogen and oxygen atoms in total. The second-order valence-corrected chi connectivity index (χ2v) is 12.4. The van der Waals surface area contributed by atoms with Crippen molar-refractivity contribution in [2.75, 3.05) is 6.61 Å². The van der Waals surface area contributed by atoms with E-state index >= 15 is 0 Å². The van der Waals surface area contributed by atoms with E-state index in [1.807, 2.05) is 45.2 Å². The Morgan fingerprint density at radius 2 is 2.00 bits per heavy atom. The van der Waals surface area contributed by atoms with Gasteiger partial charge < -0.3 is 4.74 Å². The summed E-state index contributed by atoms with van der Waals surface area (Å²) in [6, 6.07) is 1.12. The highest BCUT2D eigenvalue weighted by Gasteiger charge is 2.15. The molecule has 0 unspecified atom stereocenters. The minimum Gasteiger partial charge on any atom is -0.359 e. The summed E-state index contributed by atoms with van der Waals surface area (Å²) in [5, 5.41) is 4.05. The number of hydrogen-bond acceptors (Lipinski definition) is 2. The summed E-state index contributed by atoms with van der Waals surface area (Å²) in [5.41, 5.74) is 0.